The first-order chi connectivity index (χ1) is 13.6. The Balaban J connectivity index is 0.00000240. The van der Waals surface area contributed by atoms with Crippen molar-refractivity contribution in [1.29, 1.82) is 0 Å². The number of primary amides is 1. The predicted molar refractivity (Wildman–Crippen MR) is 117 cm³/mol. The number of nitrogens with zero attached hydrogens (tertiary/aromatic N) is 2. The molecule has 1 saturated heterocycles. The number of nitrogens with two attached hydrogens (primary N) is 1. The summed E-state index contributed by atoms with van der Waals surface area (Å²) in [5.41, 5.74) is 7.25. The molecule has 29 heavy (non-hydrogen) atoms. The van der Waals surface area contributed by atoms with Gasteiger partial charge in [0.2, 0.25) is 5.91 Å². The molecule has 1 fully saturated rings. The number of hydrogen-bond donors (Lipinski definition) is 1. The van der Waals surface area contributed by atoms with Crippen molar-refractivity contribution in [3.63, 3.8) is 0 Å². The van der Waals surface area contributed by atoms with Crippen LogP contribution in [0.2, 0.25) is 0 Å². The van der Waals surface area contributed by atoms with Crippen LogP contribution in [0.5, 0.6) is 0 Å². The second kappa shape index (κ2) is 9.03. The maximum absolute atomic E-state index is 12.3. The third-order valence-corrected chi connectivity index (χ3v) is 6.38. The number of ether oxygens (including phenoxy) is 1. The molecule has 5 nitrogen and oxygen atoms in total. The molecule has 1 aliphatic heterocycles. The summed E-state index contributed by atoms with van der Waals surface area (Å²) >= 11 is 1.68. The Labute approximate surface area is 181 Å². The zero-order valence-corrected chi connectivity index (χ0v) is 17.8. The van der Waals surface area contributed by atoms with Crippen LogP contribution in [0, 0.1) is 6.92 Å². The lowest BCUT2D eigenvalue weighted by Crippen LogP contribution is -2.45. The number of imidazole rings is 1. The van der Waals surface area contributed by atoms with Gasteiger partial charge in [-0.15, -0.1) is 12.4 Å². The number of halogens is 1. The third kappa shape index (κ3) is 4.34. The zero-order valence-electron chi connectivity index (χ0n) is 16.2. The van der Waals surface area contributed by atoms with Crippen molar-refractivity contribution in [2.24, 2.45) is 5.73 Å². The number of aromatic nitrogens is 2. The highest BCUT2D eigenvalue weighted by Crippen LogP contribution is 2.37. The SMILES string of the molecule is Cc1nccn1-c1ccc(Sc2cccc(C3(C(N)=O)CCOCC3)c2)cc1.Cl. The van der Waals surface area contributed by atoms with Gasteiger partial charge >= 0.3 is 0 Å². The van der Waals surface area contributed by atoms with E-state index in [4.69, 9.17) is 10.5 Å². The maximum Gasteiger partial charge on any atom is 0.228 e. The standard InChI is InChI=1S/C22H23N3O2S.ClH/c1-16-24-11-12-25(16)18-5-7-19(8-6-18)28-20-4-2-3-17(15-20)22(21(23)26)9-13-27-14-10-22;/h2-8,11-12,15H,9-10,13-14H2,1H3,(H2,23,26);1H. The summed E-state index contributed by atoms with van der Waals surface area (Å²) in [5, 5.41) is 0. The lowest BCUT2D eigenvalue weighted by molar-refractivity contribution is -0.127. The Bertz CT molecular complexity index is 982. The van der Waals surface area contributed by atoms with E-state index in [1.54, 1.807) is 18.0 Å². The van der Waals surface area contributed by atoms with Gasteiger partial charge in [-0.2, -0.15) is 0 Å². The monoisotopic (exact) mass is 429 g/mol. The fourth-order valence-electron chi connectivity index (χ4n) is 3.72. The number of aryl methyl sites for hydroxylation is 1. The number of rotatable bonds is 5. The second-order valence-corrected chi connectivity index (χ2v) is 8.17. The summed E-state index contributed by atoms with van der Waals surface area (Å²) in [6.07, 6.45) is 5.03. The van der Waals surface area contributed by atoms with Gasteiger partial charge in [0.25, 0.3) is 0 Å². The average molecular weight is 430 g/mol. The van der Waals surface area contributed by atoms with Gasteiger partial charge in [-0.1, -0.05) is 23.9 Å². The summed E-state index contributed by atoms with van der Waals surface area (Å²) in [7, 11) is 0. The van der Waals surface area contributed by atoms with Crippen LogP contribution in [0.1, 0.15) is 24.2 Å². The predicted octanol–water partition coefficient (Wildman–Crippen LogP) is 4.29. The lowest BCUT2D eigenvalue weighted by Gasteiger charge is -2.34. The van der Waals surface area contributed by atoms with E-state index in [-0.39, 0.29) is 18.3 Å². The molecule has 1 aliphatic rings. The Morgan fingerprint density at radius 3 is 2.48 bits per heavy atom. The minimum Gasteiger partial charge on any atom is -0.381 e. The number of amides is 1. The van der Waals surface area contributed by atoms with E-state index in [2.05, 4.69) is 45.9 Å². The molecule has 2 heterocycles. The summed E-state index contributed by atoms with van der Waals surface area (Å²) in [6, 6.07) is 16.5. The van der Waals surface area contributed by atoms with Gasteiger partial charge in [-0.05, 0) is 61.7 Å². The molecule has 0 unspecified atom stereocenters. The third-order valence-electron chi connectivity index (χ3n) is 5.38. The molecule has 152 valence electrons. The van der Waals surface area contributed by atoms with Crippen molar-refractivity contribution in [1.82, 2.24) is 9.55 Å². The molecule has 0 radical (unpaired) electrons. The second-order valence-electron chi connectivity index (χ2n) is 7.03. The minimum atomic E-state index is -0.627. The molecule has 0 atom stereocenters. The smallest absolute Gasteiger partial charge is 0.228 e. The minimum absolute atomic E-state index is 0. The Hall–Kier alpha value is -2.28. The first-order valence-electron chi connectivity index (χ1n) is 9.35. The normalized spacial score (nSPS) is 15.5. The molecule has 0 saturated carbocycles. The molecular formula is C22H24ClN3O2S. The van der Waals surface area contributed by atoms with Crippen LogP contribution in [0.4, 0.5) is 0 Å². The Morgan fingerprint density at radius 1 is 1.14 bits per heavy atom. The molecule has 3 aromatic rings. The molecule has 2 aromatic carbocycles. The maximum atomic E-state index is 12.3. The molecule has 0 spiro atoms. The van der Waals surface area contributed by atoms with E-state index < -0.39 is 5.41 Å². The highest BCUT2D eigenvalue weighted by atomic mass is 35.5. The molecule has 1 aromatic heterocycles. The van der Waals surface area contributed by atoms with Crippen LogP contribution < -0.4 is 5.73 Å². The Kier molecular flexibility index (Phi) is 6.67. The van der Waals surface area contributed by atoms with Crippen molar-refractivity contribution in [2.75, 3.05) is 13.2 Å². The summed E-state index contributed by atoms with van der Waals surface area (Å²) in [6.45, 7) is 3.11. The van der Waals surface area contributed by atoms with Crippen LogP contribution in [0.15, 0.2) is 70.7 Å². The molecule has 1 amide bonds. The molecule has 0 bridgehead atoms. The molecule has 2 N–H and O–H groups in total. The number of benzene rings is 2. The van der Waals surface area contributed by atoms with Crippen molar-refractivity contribution in [3.05, 3.63) is 72.3 Å². The van der Waals surface area contributed by atoms with Crippen molar-refractivity contribution in [2.45, 2.75) is 35.0 Å². The number of carbonyl (C=O) groups is 1. The molecule has 0 aliphatic carbocycles. The summed E-state index contributed by atoms with van der Waals surface area (Å²) < 4.78 is 7.51. The summed E-state index contributed by atoms with van der Waals surface area (Å²) in [5.74, 6) is 0.694. The van der Waals surface area contributed by atoms with Crippen molar-refractivity contribution < 1.29 is 9.53 Å². The Morgan fingerprint density at radius 2 is 1.86 bits per heavy atom. The van der Waals surface area contributed by atoms with E-state index in [1.807, 2.05) is 25.3 Å². The fourth-order valence-corrected chi connectivity index (χ4v) is 4.59. The number of hydrogen-bond acceptors (Lipinski definition) is 4. The van der Waals surface area contributed by atoms with E-state index in [0.717, 1.165) is 26.9 Å². The van der Waals surface area contributed by atoms with E-state index in [9.17, 15) is 4.79 Å². The lowest BCUT2D eigenvalue weighted by atomic mass is 9.73. The zero-order chi connectivity index (χ0) is 19.6. The number of carbonyl (C=O) groups excluding carboxylic acids is 1. The van der Waals surface area contributed by atoms with E-state index in [1.165, 1.54) is 0 Å². The van der Waals surface area contributed by atoms with E-state index in [0.29, 0.717) is 26.1 Å². The van der Waals surface area contributed by atoms with Gasteiger partial charge in [-0.25, -0.2) is 4.98 Å². The highest BCUT2D eigenvalue weighted by Gasteiger charge is 2.40. The quantitative estimate of drug-likeness (QED) is 0.656. The van der Waals surface area contributed by atoms with Gasteiger partial charge in [0.1, 0.15) is 5.82 Å². The van der Waals surface area contributed by atoms with Crippen molar-refractivity contribution in [3.8, 4) is 5.69 Å². The van der Waals surface area contributed by atoms with Gasteiger partial charge in [0.15, 0.2) is 0 Å². The fraction of sp³-hybridized carbons (Fsp3) is 0.273. The van der Waals surface area contributed by atoms with Gasteiger partial charge in [-0.3, -0.25) is 4.79 Å². The van der Waals surface area contributed by atoms with E-state index >= 15 is 0 Å². The first-order valence-corrected chi connectivity index (χ1v) is 10.2. The van der Waals surface area contributed by atoms with Crippen LogP contribution in [-0.2, 0) is 14.9 Å². The topological polar surface area (TPSA) is 70.1 Å². The van der Waals surface area contributed by atoms with Crippen LogP contribution >= 0.6 is 24.2 Å². The molecular weight excluding hydrogens is 406 g/mol. The van der Waals surface area contributed by atoms with Crippen molar-refractivity contribution >= 4 is 30.1 Å². The van der Waals surface area contributed by atoms with Gasteiger partial charge < -0.3 is 15.0 Å². The van der Waals surface area contributed by atoms with Crippen LogP contribution in [0.25, 0.3) is 5.69 Å². The largest absolute Gasteiger partial charge is 0.381 e. The average Bonchev–Trinajstić information content (AvgIpc) is 3.15. The van der Waals surface area contributed by atoms with Crippen LogP contribution in [-0.4, -0.2) is 28.7 Å². The first kappa shape index (κ1) is 21.4. The summed E-state index contributed by atoms with van der Waals surface area (Å²) in [4.78, 5) is 18.8. The van der Waals surface area contributed by atoms with Crippen LogP contribution in [0.3, 0.4) is 0 Å². The van der Waals surface area contributed by atoms with Gasteiger partial charge in [0.05, 0.1) is 5.41 Å². The molecule has 7 heteroatoms. The highest BCUT2D eigenvalue weighted by molar-refractivity contribution is 7.99. The molecule has 4 rings (SSSR count). The van der Waals surface area contributed by atoms with Gasteiger partial charge in [0, 0.05) is 41.1 Å².